The number of nitrogens with zero attached hydrogens (tertiary/aromatic N) is 2. The maximum Gasteiger partial charge on any atom is 0.341 e. The molecule has 27 heavy (non-hydrogen) atoms. The van der Waals surface area contributed by atoms with Crippen LogP contribution in [-0.4, -0.2) is 33.7 Å². The molecule has 0 aliphatic carbocycles. The van der Waals surface area contributed by atoms with Gasteiger partial charge in [-0.2, -0.15) is 5.10 Å². The second-order valence-electron chi connectivity index (χ2n) is 6.35. The molecular weight excluding hydrogens is 392 g/mol. The van der Waals surface area contributed by atoms with E-state index in [4.69, 9.17) is 22.1 Å². The first-order chi connectivity index (χ1) is 12.6. The predicted octanol–water partition coefficient (Wildman–Crippen LogP) is 2.85. The molecule has 8 nitrogen and oxygen atoms in total. The molecule has 1 unspecified atom stereocenters. The number of carbonyl (C=O) groups is 3. The van der Waals surface area contributed by atoms with Crippen LogP contribution in [0.15, 0.2) is 12.4 Å². The largest absolute Gasteiger partial charge is 0.459 e. The normalized spacial score (nSPS) is 12.1. The number of esters is 1. The number of hydrogen-bond donors (Lipinski definition) is 2. The van der Waals surface area contributed by atoms with Crippen molar-refractivity contribution >= 4 is 45.7 Å². The summed E-state index contributed by atoms with van der Waals surface area (Å²) in [6, 6.07) is 0. The molecule has 0 bridgehead atoms. The topological polar surface area (TPSA) is 116 Å². The van der Waals surface area contributed by atoms with Crippen molar-refractivity contribution in [3.63, 3.8) is 0 Å². The molecule has 10 heteroatoms. The van der Waals surface area contributed by atoms with Crippen LogP contribution in [0.4, 0.5) is 5.00 Å². The molecule has 2 heterocycles. The van der Waals surface area contributed by atoms with Gasteiger partial charge in [-0.1, -0.05) is 18.5 Å². The lowest BCUT2D eigenvalue weighted by Crippen LogP contribution is -2.25. The minimum Gasteiger partial charge on any atom is -0.459 e. The molecule has 1 atom stereocenters. The Kier molecular flexibility index (Phi) is 6.61. The lowest BCUT2D eigenvalue weighted by atomic mass is 10.1. The van der Waals surface area contributed by atoms with Gasteiger partial charge < -0.3 is 15.8 Å². The van der Waals surface area contributed by atoms with Gasteiger partial charge in [0.25, 0.3) is 5.91 Å². The molecule has 2 rings (SSSR count). The standard InChI is InChI=1S/C17H21ClN4O4S/c1-8(2)26-17(25)12-10(4)13(14(19)23)27-16(12)21-15(24)9(3)6-22-7-11(18)5-20-22/h5,7-9H,6H2,1-4H3,(H2,19,23)(H,21,24). The Balaban J connectivity index is 2.25. The van der Waals surface area contributed by atoms with E-state index in [2.05, 4.69) is 10.4 Å². The summed E-state index contributed by atoms with van der Waals surface area (Å²) in [7, 11) is 0. The number of nitrogens with two attached hydrogens (primary N) is 1. The number of nitrogens with one attached hydrogen (secondary N) is 1. The Morgan fingerprint density at radius 1 is 1.37 bits per heavy atom. The fraction of sp³-hybridized carbons (Fsp3) is 0.412. The highest BCUT2D eigenvalue weighted by Crippen LogP contribution is 2.34. The highest BCUT2D eigenvalue weighted by atomic mass is 35.5. The first kappa shape index (κ1) is 20.9. The summed E-state index contributed by atoms with van der Waals surface area (Å²) in [5.74, 6) is -2.09. The zero-order valence-corrected chi connectivity index (χ0v) is 17.0. The van der Waals surface area contributed by atoms with E-state index in [1.54, 1.807) is 38.6 Å². The maximum atomic E-state index is 12.6. The van der Waals surface area contributed by atoms with E-state index in [-0.39, 0.29) is 27.5 Å². The first-order valence-corrected chi connectivity index (χ1v) is 9.42. The SMILES string of the molecule is Cc1c(C(N)=O)sc(NC(=O)C(C)Cn2cc(Cl)cn2)c1C(=O)OC(C)C. The number of rotatable bonds is 7. The number of amides is 2. The van der Waals surface area contributed by atoms with Crippen LogP contribution in [0.1, 0.15) is 46.4 Å². The summed E-state index contributed by atoms with van der Waals surface area (Å²) >= 11 is 6.78. The maximum absolute atomic E-state index is 12.6. The zero-order valence-electron chi connectivity index (χ0n) is 15.4. The third-order valence-corrected chi connectivity index (χ3v) is 5.08. The van der Waals surface area contributed by atoms with Gasteiger partial charge in [0.1, 0.15) is 5.00 Å². The summed E-state index contributed by atoms with van der Waals surface area (Å²) in [5.41, 5.74) is 5.91. The van der Waals surface area contributed by atoms with Crippen LogP contribution in [0.5, 0.6) is 0 Å². The summed E-state index contributed by atoms with van der Waals surface area (Å²) in [6.45, 7) is 7.04. The minimum atomic E-state index is -0.671. The molecule has 146 valence electrons. The Labute approximate surface area is 165 Å². The van der Waals surface area contributed by atoms with Crippen molar-refractivity contribution in [3.8, 4) is 0 Å². The van der Waals surface area contributed by atoms with Crippen LogP contribution in [-0.2, 0) is 16.1 Å². The fourth-order valence-electron chi connectivity index (χ4n) is 2.39. The predicted molar refractivity (Wildman–Crippen MR) is 103 cm³/mol. The van der Waals surface area contributed by atoms with Crippen molar-refractivity contribution in [2.75, 3.05) is 5.32 Å². The smallest absolute Gasteiger partial charge is 0.341 e. The summed E-state index contributed by atoms with van der Waals surface area (Å²) in [5, 5.41) is 7.45. The Hall–Kier alpha value is -2.39. The molecule has 0 saturated heterocycles. The first-order valence-electron chi connectivity index (χ1n) is 8.23. The van der Waals surface area contributed by atoms with Crippen molar-refractivity contribution < 1.29 is 19.1 Å². The van der Waals surface area contributed by atoms with Crippen LogP contribution in [0, 0.1) is 12.8 Å². The molecule has 0 aliphatic heterocycles. The highest BCUT2D eigenvalue weighted by molar-refractivity contribution is 7.18. The van der Waals surface area contributed by atoms with Gasteiger partial charge in [0.2, 0.25) is 5.91 Å². The molecule has 3 N–H and O–H groups in total. The van der Waals surface area contributed by atoms with Crippen LogP contribution >= 0.6 is 22.9 Å². The molecule has 2 aromatic heterocycles. The van der Waals surface area contributed by atoms with Crippen molar-refractivity contribution in [2.24, 2.45) is 11.7 Å². The third kappa shape index (κ3) is 5.08. The second kappa shape index (κ2) is 8.53. The van der Waals surface area contributed by atoms with E-state index in [0.29, 0.717) is 17.1 Å². The molecular formula is C17H21ClN4O4S. The Morgan fingerprint density at radius 3 is 2.56 bits per heavy atom. The monoisotopic (exact) mass is 412 g/mol. The molecule has 0 fully saturated rings. The molecule has 0 aromatic carbocycles. The van der Waals surface area contributed by atoms with E-state index in [1.165, 1.54) is 6.20 Å². The molecule has 2 aromatic rings. The van der Waals surface area contributed by atoms with Gasteiger partial charge in [0.05, 0.1) is 40.2 Å². The third-order valence-electron chi connectivity index (χ3n) is 3.66. The van der Waals surface area contributed by atoms with Crippen LogP contribution in [0.2, 0.25) is 5.02 Å². The zero-order chi connectivity index (χ0) is 20.3. The van der Waals surface area contributed by atoms with Gasteiger partial charge in [0.15, 0.2) is 0 Å². The van der Waals surface area contributed by atoms with Crippen molar-refractivity contribution in [3.05, 3.63) is 33.4 Å². The fourth-order valence-corrected chi connectivity index (χ4v) is 3.60. The van der Waals surface area contributed by atoms with E-state index in [0.717, 1.165) is 11.3 Å². The van der Waals surface area contributed by atoms with Gasteiger partial charge in [-0.05, 0) is 26.3 Å². The highest BCUT2D eigenvalue weighted by Gasteiger charge is 2.27. The quantitative estimate of drug-likeness (QED) is 0.678. The van der Waals surface area contributed by atoms with E-state index < -0.39 is 17.8 Å². The number of thiophene rings is 1. The van der Waals surface area contributed by atoms with Crippen LogP contribution in [0.3, 0.4) is 0 Å². The summed E-state index contributed by atoms with van der Waals surface area (Å²) in [6.07, 6.45) is 2.74. The molecule has 2 amide bonds. The minimum absolute atomic E-state index is 0.144. The van der Waals surface area contributed by atoms with E-state index >= 15 is 0 Å². The van der Waals surface area contributed by atoms with Gasteiger partial charge >= 0.3 is 5.97 Å². The van der Waals surface area contributed by atoms with E-state index in [9.17, 15) is 14.4 Å². The summed E-state index contributed by atoms with van der Waals surface area (Å²) in [4.78, 5) is 36.8. The molecule has 0 spiro atoms. The number of halogens is 1. The number of ether oxygens (including phenoxy) is 1. The van der Waals surface area contributed by atoms with Gasteiger partial charge in [-0.15, -0.1) is 11.3 Å². The number of aromatic nitrogens is 2. The number of carbonyl (C=O) groups excluding carboxylic acids is 3. The van der Waals surface area contributed by atoms with Gasteiger partial charge in [0, 0.05) is 6.20 Å². The molecule has 0 aliphatic rings. The van der Waals surface area contributed by atoms with Crippen molar-refractivity contribution in [1.82, 2.24) is 9.78 Å². The average Bonchev–Trinajstić information content (AvgIpc) is 3.09. The summed E-state index contributed by atoms with van der Waals surface area (Å²) < 4.78 is 6.78. The van der Waals surface area contributed by atoms with Crippen molar-refractivity contribution in [1.29, 1.82) is 0 Å². The Bertz CT molecular complexity index is 874. The second-order valence-corrected chi connectivity index (χ2v) is 7.81. The van der Waals surface area contributed by atoms with Crippen molar-refractivity contribution in [2.45, 2.75) is 40.3 Å². The van der Waals surface area contributed by atoms with Crippen LogP contribution in [0.25, 0.3) is 0 Å². The van der Waals surface area contributed by atoms with Gasteiger partial charge in [-0.3, -0.25) is 14.3 Å². The van der Waals surface area contributed by atoms with Gasteiger partial charge in [-0.25, -0.2) is 4.79 Å². The molecule has 0 saturated carbocycles. The number of primary amides is 1. The average molecular weight is 413 g/mol. The lowest BCUT2D eigenvalue weighted by molar-refractivity contribution is -0.119. The Morgan fingerprint density at radius 2 is 2.04 bits per heavy atom. The van der Waals surface area contributed by atoms with Crippen LogP contribution < -0.4 is 11.1 Å². The number of anilines is 1. The molecule has 0 radical (unpaired) electrons. The number of hydrogen-bond acceptors (Lipinski definition) is 6. The van der Waals surface area contributed by atoms with E-state index in [1.807, 2.05) is 0 Å². The lowest BCUT2D eigenvalue weighted by Gasteiger charge is -2.13.